The first-order chi connectivity index (χ1) is 13.9. The summed E-state index contributed by atoms with van der Waals surface area (Å²) in [6.45, 7) is 3.39. The number of hydrogen-bond acceptors (Lipinski definition) is 7. The third kappa shape index (κ3) is 4.31. The summed E-state index contributed by atoms with van der Waals surface area (Å²) in [7, 11) is 0. The Hall–Kier alpha value is -2.77. The second kappa shape index (κ2) is 7.93. The molecule has 1 saturated carbocycles. The van der Waals surface area contributed by atoms with Crippen molar-refractivity contribution in [1.29, 1.82) is 0 Å². The van der Waals surface area contributed by atoms with E-state index in [9.17, 15) is 9.59 Å². The first kappa shape index (κ1) is 19.5. The first-order valence-corrected chi connectivity index (χ1v) is 10.3. The molecule has 0 unspecified atom stereocenters. The Balaban J connectivity index is 1.63. The van der Waals surface area contributed by atoms with Crippen LogP contribution in [0.3, 0.4) is 0 Å². The lowest BCUT2D eigenvalue weighted by Crippen LogP contribution is -2.09. The molecule has 0 amide bonds. The van der Waals surface area contributed by atoms with Crippen LogP contribution in [0.15, 0.2) is 36.4 Å². The van der Waals surface area contributed by atoms with Crippen LogP contribution in [0.4, 0.5) is 0 Å². The number of hydrogen-bond donors (Lipinski definition) is 0. The minimum absolute atomic E-state index is 0.0577. The number of nitrogens with zero attached hydrogens (tertiary/aromatic N) is 2. The van der Waals surface area contributed by atoms with E-state index in [4.69, 9.17) is 21.1 Å². The van der Waals surface area contributed by atoms with Crippen molar-refractivity contribution in [2.45, 2.75) is 32.6 Å². The topological polar surface area (TPSA) is 78.4 Å². The largest absolute Gasteiger partial charge is 0.434 e. The van der Waals surface area contributed by atoms with Gasteiger partial charge in [-0.15, -0.1) is 21.5 Å². The summed E-state index contributed by atoms with van der Waals surface area (Å²) in [5.74, 6) is 0.550. The van der Waals surface area contributed by atoms with E-state index in [-0.39, 0.29) is 22.6 Å². The number of thiophene rings is 1. The number of benzene rings is 1. The second-order valence-corrected chi connectivity index (χ2v) is 8.29. The van der Waals surface area contributed by atoms with E-state index < -0.39 is 5.97 Å². The van der Waals surface area contributed by atoms with Crippen molar-refractivity contribution in [3.8, 4) is 17.4 Å². The van der Waals surface area contributed by atoms with Crippen molar-refractivity contribution < 1.29 is 19.1 Å². The van der Waals surface area contributed by atoms with Gasteiger partial charge in [-0.25, -0.2) is 4.79 Å². The molecule has 6 nitrogen and oxygen atoms in total. The summed E-state index contributed by atoms with van der Waals surface area (Å²) in [5, 5.41) is 7.88. The lowest BCUT2D eigenvalue weighted by Gasteiger charge is -2.14. The zero-order valence-corrected chi connectivity index (χ0v) is 17.3. The fourth-order valence-corrected chi connectivity index (χ4v) is 3.81. The number of para-hydroxylation sites is 1. The second-order valence-electron chi connectivity index (χ2n) is 6.82. The summed E-state index contributed by atoms with van der Waals surface area (Å²) in [6.07, 6.45) is 2.23. The molecule has 3 aromatic rings. The Morgan fingerprint density at radius 2 is 1.90 bits per heavy atom. The molecule has 1 aromatic carbocycles. The highest BCUT2D eigenvalue weighted by atomic mass is 35.5. The van der Waals surface area contributed by atoms with Crippen LogP contribution in [0, 0.1) is 6.92 Å². The SMILES string of the molecule is CC(=O)c1ccc(C(=O)Oc2cc(Cl)nnc2Oc2c(C)cccc2C2CC2)s1. The van der Waals surface area contributed by atoms with Gasteiger partial charge in [0.1, 0.15) is 10.6 Å². The lowest BCUT2D eigenvalue weighted by atomic mass is 10.1. The number of rotatable bonds is 6. The molecule has 8 heteroatoms. The predicted molar refractivity (Wildman–Crippen MR) is 110 cm³/mol. The van der Waals surface area contributed by atoms with Gasteiger partial charge in [0.15, 0.2) is 16.7 Å². The van der Waals surface area contributed by atoms with Crippen LogP contribution >= 0.6 is 22.9 Å². The van der Waals surface area contributed by atoms with Gasteiger partial charge in [-0.2, -0.15) is 0 Å². The molecule has 0 bridgehead atoms. The van der Waals surface area contributed by atoms with Gasteiger partial charge in [-0.05, 0) is 55.9 Å². The molecule has 0 saturated heterocycles. The minimum atomic E-state index is -0.622. The van der Waals surface area contributed by atoms with E-state index in [2.05, 4.69) is 10.2 Å². The third-order valence-electron chi connectivity index (χ3n) is 4.51. The zero-order valence-electron chi connectivity index (χ0n) is 15.8. The fraction of sp³-hybridized carbons (Fsp3) is 0.238. The Kier molecular flexibility index (Phi) is 5.34. The summed E-state index contributed by atoms with van der Waals surface area (Å²) in [5.41, 5.74) is 2.05. The minimum Gasteiger partial charge on any atom is -0.434 e. The maximum Gasteiger partial charge on any atom is 0.353 e. The van der Waals surface area contributed by atoms with Crippen LogP contribution in [0.2, 0.25) is 5.15 Å². The molecule has 0 N–H and O–H groups in total. The molecule has 1 aliphatic rings. The van der Waals surface area contributed by atoms with E-state index in [0.29, 0.717) is 21.4 Å². The molecular formula is C21H17ClN2O4S. The summed E-state index contributed by atoms with van der Waals surface area (Å²) in [6, 6.07) is 10.5. The molecule has 148 valence electrons. The molecule has 0 spiro atoms. The van der Waals surface area contributed by atoms with Crippen molar-refractivity contribution in [3.63, 3.8) is 0 Å². The summed E-state index contributed by atoms with van der Waals surface area (Å²) < 4.78 is 11.5. The molecule has 1 fully saturated rings. The quantitative estimate of drug-likeness (QED) is 0.376. The highest BCUT2D eigenvalue weighted by Crippen LogP contribution is 2.46. The molecule has 1 aliphatic carbocycles. The van der Waals surface area contributed by atoms with Gasteiger partial charge in [0.05, 0.1) is 4.88 Å². The van der Waals surface area contributed by atoms with Gasteiger partial charge in [0, 0.05) is 6.07 Å². The number of carbonyl (C=O) groups excluding carboxylic acids is 2. The maximum atomic E-state index is 12.5. The van der Waals surface area contributed by atoms with Crippen LogP contribution in [-0.2, 0) is 0 Å². The number of aromatic nitrogens is 2. The Morgan fingerprint density at radius 1 is 1.14 bits per heavy atom. The Morgan fingerprint density at radius 3 is 2.59 bits per heavy atom. The number of carbonyl (C=O) groups is 2. The Labute approximate surface area is 176 Å². The fourth-order valence-electron chi connectivity index (χ4n) is 2.90. The number of Topliss-reactive ketones (excluding diaryl/α,β-unsaturated/α-hetero) is 1. The standard InChI is InChI=1S/C21H17ClN2O4S/c1-11-4-3-5-14(13-6-7-13)19(11)28-20-15(10-18(22)23-24-20)27-21(26)17-9-8-16(29-17)12(2)25/h3-5,8-10,13H,6-7H2,1-2H3. The lowest BCUT2D eigenvalue weighted by molar-refractivity contribution is 0.0734. The van der Waals surface area contributed by atoms with Gasteiger partial charge >= 0.3 is 5.97 Å². The van der Waals surface area contributed by atoms with Crippen LogP contribution in [0.1, 0.15) is 56.2 Å². The van der Waals surface area contributed by atoms with Gasteiger partial charge in [-0.1, -0.05) is 29.8 Å². The van der Waals surface area contributed by atoms with Crippen molar-refractivity contribution in [2.24, 2.45) is 0 Å². The number of ether oxygens (including phenoxy) is 2. The van der Waals surface area contributed by atoms with E-state index in [1.165, 1.54) is 13.0 Å². The first-order valence-electron chi connectivity index (χ1n) is 9.06. The number of halogens is 1. The van der Waals surface area contributed by atoms with Crippen LogP contribution in [0.5, 0.6) is 17.4 Å². The van der Waals surface area contributed by atoms with Gasteiger partial charge < -0.3 is 9.47 Å². The van der Waals surface area contributed by atoms with E-state index in [1.807, 2.05) is 25.1 Å². The molecule has 2 aromatic heterocycles. The number of aryl methyl sites for hydroxylation is 1. The molecule has 4 rings (SSSR count). The molecule has 0 radical (unpaired) electrons. The van der Waals surface area contributed by atoms with Crippen LogP contribution in [-0.4, -0.2) is 21.9 Å². The van der Waals surface area contributed by atoms with Crippen molar-refractivity contribution in [3.05, 3.63) is 62.4 Å². The average Bonchev–Trinajstić information content (AvgIpc) is 3.40. The maximum absolute atomic E-state index is 12.5. The van der Waals surface area contributed by atoms with Crippen LogP contribution < -0.4 is 9.47 Å². The summed E-state index contributed by atoms with van der Waals surface area (Å²) in [4.78, 5) is 24.8. The average molecular weight is 429 g/mol. The van der Waals surface area contributed by atoms with E-state index in [0.717, 1.165) is 35.3 Å². The number of ketones is 1. The zero-order chi connectivity index (χ0) is 20.5. The van der Waals surface area contributed by atoms with Gasteiger partial charge in [-0.3, -0.25) is 4.79 Å². The summed E-state index contributed by atoms with van der Waals surface area (Å²) >= 11 is 7.02. The number of esters is 1. The molecule has 2 heterocycles. The van der Waals surface area contributed by atoms with Gasteiger partial charge in [0.25, 0.3) is 5.88 Å². The third-order valence-corrected chi connectivity index (χ3v) is 5.86. The molecular weight excluding hydrogens is 412 g/mol. The van der Waals surface area contributed by atoms with Crippen molar-refractivity contribution in [1.82, 2.24) is 10.2 Å². The highest BCUT2D eigenvalue weighted by Gasteiger charge is 2.28. The van der Waals surface area contributed by atoms with Crippen molar-refractivity contribution in [2.75, 3.05) is 0 Å². The Bertz CT molecular complexity index is 1110. The van der Waals surface area contributed by atoms with E-state index in [1.54, 1.807) is 12.1 Å². The molecule has 0 atom stereocenters. The highest BCUT2D eigenvalue weighted by molar-refractivity contribution is 7.15. The van der Waals surface area contributed by atoms with E-state index >= 15 is 0 Å². The monoisotopic (exact) mass is 428 g/mol. The normalized spacial score (nSPS) is 13.2. The van der Waals surface area contributed by atoms with Crippen LogP contribution in [0.25, 0.3) is 0 Å². The predicted octanol–water partition coefficient (Wildman–Crippen LogP) is 5.59. The molecule has 29 heavy (non-hydrogen) atoms. The van der Waals surface area contributed by atoms with Gasteiger partial charge in [0.2, 0.25) is 0 Å². The smallest absolute Gasteiger partial charge is 0.353 e. The molecule has 0 aliphatic heterocycles. The van der Waals surface area contributed by atoms with Crippen molar-refractivity contribution >= 4 is 34.7 Å².